The number of rotatable bonds is 2. The average Bonchev–Trinajstić information content (AvgIpc) is 2.66. The van der Waals surface area contributed by atoms with E-state index in [1.165, 1.54) is 6.07 Å². The van der Waals surface area contributed by atoms with Crippen LogP contribution in [-0.2, 0) is 0 Å². The third-order valence-electron chi connectivity index (χ3n) is 4.40. The van der Waals surface area contributed by atoms with Crippen LogP contribution in [-0.4, -0.2) is 9.91 Å². The van der Waals surface area contributed by atoms with E-state index in [0.29, 0.717) is 22.4 Å². The van der Waals surface area contributed by atoms with Crippen LogP contribution in [0.1, 0.15) is 17.0 Å². The molecule has 0 saturated carbocycles. The first-order valence-corrected chi connectivity index (χ1v) is 7.80. The van der Waals surface area contributed by atoms with Gasteiger partial charge in [-0.25, -0.2) is 0 Å². The van der Waals surface area contributed by atoms with Gasteiger partial charge in [0, 0.05) is 28.8 Å². The number of pyridine rings is 1. The molecule has 7 nitrogen and oxygen atoms in total. The van der Waals surface area contributed by atoms with Crippen LogP contribution in [0.3, 0.4) is 0 Å². The normalized spacial score (nSPS) is 15.9. The lowest BCUT2D eigenvalue weighted by Gasteiger charge is -2.26. The molecule has 0 amide bonds. The molecule has 0 aliphatic carbocycles. The summed E-state index contributed by atoms with van der Waals surface area (Å²) in [4.78, 5) is 15.4. The fourth-order valence-corrected chi connectivity index (χ4v) is 3.27. The van der Waals surface area contributed by atoms with E-state index in [9.17, 15) is 15.4 Å². The summed E-state index contributed by atoms with van der Waals surface area (Å²) in [6, 6.07) is 15.7. The second-order valence-electron chi connectivity index (χ2n) is 5.80. The number of allylic oxidation sites excluding steroid dienone is 1. The maximum atomic E-state index is 11.5. The summed E-state index contributed by atoms with van der Waals surface area (Å²) < 4.78 is 5.70. The van der Waals surface area contributed by atoms with Gasteiger partial charge in [-0.05, 0) is 6.07 Å². The van der Waals surface area contributed by atoms with E-state index in [2.05, 4.69) is 4.98 Å². The molecule has 26 heavy (non-hydrogen) atoms. The molecular weight excluding hydrogens is 332 g/mol. The standard InChI is InChI=1S/C19H12N4O3/c20-10-14-16(12-5-1-2-6-15(12)23(24)25)13-8-7-11-4-3-9-22-17(11)18(13)26-19(14)21/h1-9,16H,21H2. The number of hydrogen-bond acceptors (Lipinski definition) is 6. The van der Waals surface area contributed by atoms with Crippen molar-refractivity contribution in [2.24, 2.45) is 5.73 Å². The molecule has 1 atom stereocenters. The molecular formula is C19H12N4O3. The largest absolute Gasteiger partial charge is 0.438 e. The minimum Gasteiger partial charge on any atom is -0.438 e. The van der Waals surface area contributed by atoms with Crippen LogP contribution < -0.4 is 10.5 Å². The van der Waals surface area contributed by atoms with Crippen molar-refractivity contribution in [2.75, 3.05) is 0 Å². The number of nitrogens with zero attached hydrogens (tertiary/aromatic N) is 3. The zero-order valence-electron chi connectivity index (χ0n) is 13.4. The van der Waals surface area contributed by atoms with Gasteiger partial charge in [-0.15, -0.1) is 0 Å². The fraction of sp³-hybridized carbons (Fsp3) is 0.0526. The van der Waals surface area contributed by atoms with Crippen molar-refractivity contribution < 1.29 is 9.66 Å². The van der Waals surface area contributed by atoms with E-state index in [1.807, 2.05) is 18.2 Å². The van der Waals surface area contributed by atoms with Gasteiger partial charge in [-0.3, -0.25) is 15.1 Å². The number of nitrogens with two attached hydrogens (primary N) is 1. The Bertz CT molecular complexity index is 1130. The van der Waals surface area contributed by atoms with Crippen molar-refractivity contribution in [3.05, 3.63) is 87.4 Å². The van der Waals surface area contributed by atoms with E-state index in [4.69, 9.17) is 10.5 Å². The Kier molecular flexibility index (Phi) is 3.52. The SMILES string of the molecule is N#CC1=C(N)Oc2c(ccc3cccnc23)C1c1ccccc1[N+](=O)[O-]. The number of benzene rings is 2. The molecule has 126 valence electrons. The highest BCUT2D eigenvalue weighted by molar-refractivity contribution is 5.87. The minimum atomic E-state index is -0.697. The summed E-state index contributed by atoms with van der Waals surface area (Å²) in [5.41, 5.74) is 7.65. The molecule has 1 aromatic heterocycles. The van der Waals surface area contributed by atoms with Gasteiger partial charge in [0.1, 0.15) is 17.2 Å². The first-order valence-electron chi connectivity index (χ1n) is 7.80. The number of nitriles is 1. The molecule has 1 aliphatic heterocycles. The lowest BCUT2D eigenvalue weighted by atomic mass is 9.82. The molecule has 2 heterocycles. The highest BCUT2D eigenvalue weighted by Crippen LogP contribution is 2.46. The molecule has 4 rings (SSSR count). The van der Waals surface area contributed by atoms with Crippen molar-refractivity contribution >= 4 is 16.6 Å². The zero-order valence-corrected chi connectivity index (χ0v) is 13.4. The van der Waals surface area contributed by atoms with Gasteiger partial charge in [0.05, 0.1) is 10.8 Å². The Morgan fingerprint density at radius 2 is 1.96 bits per heavy atom. The number of para-hydroxylation sites is 1. The summed E-state index contributed by atoms with van der Waals surface area (Å²) >= 11 is 0. The molecule has 0 radical (unpaired) electrons. The van der Waals surface area contributed by atoms with Gasteiger partial charge in [0.15, 0.2) is 5.75 Å². The van der Waals surface area contributed by atoms with E-state index >= 15 is 0 Å². The first-order chi connectivity index (χ1) is 12.6. The van der Waals surface area contributed by atoms with Gasteiger partial charge in [-0.2, -0.15) is 5.26 Å². The summed E-state index contributed by atoms with van der Waals surface area (Å²) in [5, 5.41) is 22.0. The molecule has 0 saturated heterocycles. The number of ether oxygens (including phenoxy) is 1. The van der Waals surface area contributed by atoms with Gasteiger partial charge < -0.3 is 10.5 Å². The van der Waals surface area contributed by atoms with Crippen LogP contribution in [0.15, 0.2) is 66.2 Å². The Morgan fingerprint density at radius 3 is 2.73 bits per heavy atom. The van der Waals surface area contributed by atoms with Crippen molar-refractivity contribution in [1.82, 2.24) is 4.98 Å². The molecule has 0 fully saturated rings. The molecule has 1 unspecified atom stereocenters. The smallest absolute Gasteiger partial charge is 0.273 e. The first kappa shape index (κ1) is 15.6. The van der Waals surface area contributed by atoms with Crippen molar-refractivity contribution in [1.29, 1.82) is 5.26 Å². The zero-order chi connectivity index (χ0) is 18.3. The number of fused-ring (bicyclic) bond motifs is 3. The molecule has 7 heteroatoms. The van der Waals surface area contributed by atoms with Crippen LogP contribution in [0.2, 0.25) is 0 Å². The molecule has 2 aromatic carbocycles. The van der Waals surface area contributed by atoms with Crippen LogP contribution in [0.25, 0.3) is 10.9 Å². The van der Waals surface area contributed by atoms with Crippen LogP contribution >= 0.6 is 0 Å². The highest BCUT2D eigenvalue weighted by atomic mass is 16.6. The lowest BCUT2D eigenvalue weighted by molar-refractivity contribution is -0.385. The Hall–Kier alpha value is -3.92. The second kappa shape index (κ2) is 5.86. The van der Waals surface area contributed by atoms with E-state index in [-0.39, 0.29) is 17.1 Å². The monoisotopic (exact) mass is 344 g/mol. The maximum Gasteiger partial charge on any atom is 0.273 e. The molecule has 3 aromatic rings. The van der Waals surface area contributed by atoms with Crippen molar-refractivity contribution in [3.8, 4) is 11.8 Å². The quantitative estimate of drug-likeness (QED) is 0.563. The lowest BCUT2D eigenvalue weighted by Crippen LogP contribution is -2.22. The number of aromatic nitrogens is 1. The topological polar surface area (TPSA) is 115 Å². The summed E-state index contributed by atoms with van der Waals surface area (Å²) in [6.45, 7) is 0. The highest BCUT2D eigenvalue weighted by Gasteiger charge is 2.35. The molecule has 2 N–H and O–H groups in total. The van der Waals surface area contributed by atoms with Crippen LogP contribution in [0, 0.1) is 21.4 Å². The molecule has 1 aliphatic rings. The molecule has 0 spiro atoms. The predicted molar refractivity (Wildman–Crippen MR) is 94.1 cm³/mol. The van der Waals surface area contributed by atoms with Gasteiger partial charge in [0.2, 0.25) is 5.88 Å². The van der Waals surface area contributed by atoms with E-state index in [1.54, 1.807) is 36.5 Å². The Balaban J connectivity index is 2.05. The fourth-order valence-electron chi connectivity index (χ4n) is 3.27. The predicted octanol–water partition coefficient (Wildman–Crippen LogP) is 3.36. The van der Waals surface area contributed by atoms with Gasteiger partial charge in [0.25, 0.3) is 5.69 Å². The molecule has 0 bridgehead atoms. The Labute approximate surface area is 148 Å². The number of nitro groups is 1. The van der Waals surface area contributed by atoms with Crippen LogP contribution in [0.5, 0.6) is 5.75 Å². The van der Waals surface area contributed by atoms with E-state index in [0.717, 1.165) is 5.39 Å². The minimum absolute atomic E-state index is 0.0682. The van der Waals surface area contributed by atoms with Gasteiger partial charge in [-0.1, -0.05) is 36.4 Å². The van der Waals surface area contributed by atoms with Crippen molar-refractivity contribution in [3.63, 3.8) is 0 Å². The maximum absolute atomic E-state index is 11.5. The number of nitro benzene ring substituents is 1. The van der Waals surface area contributed by atoms with E-state index < -0.39 is 10.8 Å². The van der Waals surface area contributed by atoms with Crippen molar-refractivity contribution in [2.45, 2.75) is 5.92 Å². The summed E-state index contributed by atoms with van der Waals surface area (Å²) in [5.74, 6) is -0.346. The summed E-state index contributed by atoms with van der Waals surface area (Å²) in [6.07, 6.45) is 1.63. The third-order valence-corrected chi connectivity index (χ3v) is 4.40. The average molecular weight is 344 g/mol. The summed E-state index contributed by atoms with van der Waals surface area (Å²) in [7, 11) is 0. The Morgan fingerprint density at radius 1 is 1.15 bits per heavy atom. The third kappa shape index (κ3) is 2.24. The number of hydrogen-bond donors (Lipinski definition) is 1. The second-order valence-corrected chi connectivity index (χ2v) is 5.80. The van der Waals surface area contributed by atoms with Crippen LogP contribution in [0.4, 0.5) is 5.69 Å². The van der Waals surface area contributed by atoms with Gasteiger partial charge >= 0.3 is 0 Å².